The Bertz CT molecular complexity index is 850. The van der Waals surface area contributed by atoms with E-state index < -0.39 is 0 Å². The lowest BCUT2D eigenvalue weighted by Crippen LogP contribution is -2.24. The number of benzene rings is 1. The largest absolute Gasteiger partial charge is 0.323 e. The van der Waals surface area contributed by atoms with Gasteiger partial charge in [0, 0.05) is 24.0 Å². The number of nitrogens with one attached hydrogen (secondary N) is 1. The van der Waals surface area contributed by atoms with Crippen molar-refractivity contribution in [1.82, 2.24) is 15.0 Å². The van der Waals surface area contributed by atoms with Gasteiger partial charge in [-0.3, -0.25) is 14.6 Å². The van der Waals surface area contributed by atoms with Gasteiger partial charge in [-0.1, -0.05) is 31.5 Å². The van der Waals surface area contributed by atoms with Gasteiger partial charge in [-0.2, -0.15) is 10.0 Å². The van der Waals surface area contributed by atoms with Crippen molar-refractivity contribution >= 4 is 11.6 Å². The molecule has 6 nitrogen and oxygen atoms in total. The van der Waals surface area contributed by atoms with Crippen LogP contribution in [0.25, 0.3) is 11.3 Å². The van der Waals surface area contributed by atoms with Crippen molar-refractivity contribution in [1.29, 1.82) is 0 Å². The number of H-pyrrole nitrogens is 1. The summed E-state index contributed by atoms with van der Waals surface area (Å²) >= 11 is 0. The molecule has 0 saturated carbocycles. The molecule has 0 spiro atoms. The minimum absolute atomic E-state index is 0.333. The van der Waals surface area contributed by atoms with E-state index >= 15 is 0 Å². The Balaban J connectivity index is 2.00. The molecule has 0 fully saturated rings. The lowest BCUT2D eigenvalue weighted by Gasteiger charge is -2.22. The van der Waals surface area contributed by atoms with Gasteiger partial charge in [0.2, 0.25) is 5.95 Å². The van der Waals surface area contributed by atoms with Crippen molar-refractivity contribution in [3.05, 3.63) is 71.3 Å². The van der Waals surface area contributed by atoms with Gasteiger partial charge >= 0.3 is 0 Å². The zero-order valence-corrected chi connectivity index (χ0v) is 14.1. The van der Waals surface area contributed by atoms with Crippen molar-refractivity contribution in [2.45, 2.75) is 19.8 Å². The summed E-state index contributed by atoms with van der Waals surface area (Å²) in [5.74, 6) is 0.349. The van der Waals surface area contributed by atoms with E-state index in [1.165, 1.54) is 6.07 Å². The van der Waals surface area contributed by atoms with E-state index in [4.69, 9.17) is 4.84 Å². The average Bonchev–Trinajstić information content (AvgIpc) is 2.66. The molecule has 2 heterocycles. The molecule has 0 amide bonds. The number of unbranched alkanes of at least 4 members (excludes halogenated alkanes) is 1. The van der Waals surface area contributed by atoms with Crippen LogP contribution in [0.15, 0.2) is 65.7 Å². The molecule has 3 aromatic rings. The second kappa shape index (κ2) is 8.21. The van der Waals surface area contributed by atoms with Crippen molar-refractivity contribution in [2.75, 3.05) is 11.7 Å². The van der Waals surface area contributed by atoms with Gasteiger partial charge in [-0.05, 0) is 30.7 Å². The minimum Gasteiger partial charge on any atom is -0.323 e. The summed E-state index contributed by atoms with van der Waals surface area (Å²) < 4.78 is 0. The van der Waals surface area contributed by atoms with Crippen LogP contribution in [-0.2, 0) is 4.84 Å². The molecule has 0 aliphatic carbocycles. The smallest absolute Gasteiger partial charge is 0.275 e. The first-order valence-corrected chi connectivity index (χ1v) is 8.28. The van der Waals surface area contributed by atoms with E-state index in [2.05, 4.69) is 21.9 Å². The lowest BCUT2D eigenvalue weighted by molar-refractivity contribution is 0.129. The van der Waals surface area contributed by atoms with Crippen molar-refractivity contribution in [3.8, 4) is 11.3 Å². The molecule has 6 heteroatoms. The van der Waals surface area contributed by atoms with Gasteiger partial charge in [-0.25, -0.2) is 0 Å². The molecule has 2 aromatic heterocycles. The molecule has 25 heavy (non-hydrogen) atoms. The third-order valence-electron chi connectivity index (χ3n) is 3.62. The van der Waals surface area contributed by atoms with Crippen LogP contribution in [0.1, 0.15) is 19.8 Å². The second-order valence-corrected chi connectivity index (χ2v) is 5.51. The predicted molar refractivity (Wildman–Crippen MR) is 97.5 cm³/mol. The Morgan fingerprint density at radius 2 is 1.88 bits per heavy atom. The van der Waals surface area contributed by atoms with E-state index in [9.17, 15) is 4.79 Å². The number of aromatic amines is 1. The van der Waals surface area contributed by atoms with E-state index in [0.717, 1.165) is 24.1 Å². The van der Waals surface area contributed by atoms with E-state index in [1.54, 1.807) is 17.5 Å². The number of anilines is 2. The van der Waals surface area contributed by atoms with Gasteiger partial charge in [-0.15, -0.1) is 0 Å². The zero-order chi connectivity index (χ0) is 17.5. The fourth-order valence-electron chi connectivity index (χ4n) is 2.35. The maximum Gasteiger partial charge on any atom is 0.275 e. The second-order valence-electron chi connectivity index (χ2n) is 5.51. The summed E-state index contributed by atoms with van der Waals surface area (Å²) in [6.07, 6.45) is 5.29. The number of hydrogen-bond donors (Lipinski definition) is 1. The fourth-order valence-corrected chi connectivity index (χ4v) is 2.35. The zero-order valence-electron chi connectivity index (χ0n) is 14.1. The lowest BCUT2D eigenvalue weighted by atomic mass is 10.2. The molecular formula is C19H20N4O2. The van der Waals surface area contributed by atoms with Crippen LogP contribution in [-0.4, -0.2) is 21.6 Å². The average molecular weight is 336 g/mol. The molecule has 0 atom stereocenters. The van der Waals surface area contributed by atoms with Gasteiger partial charge in [0.05, 0.1) is 18.0 Å². The molecular weight excluding hydrogens is 316 g/mol. The first-order valence-electron chi connectivity index (χ1n) is 8.28. The molecule has 0 radical (unpaired) electrons. The van der Waals surface area contributed by atoms with Crippen molar-refractivity contribution < 1.29 is 4.84 Å². The molecule has 0 bridgehead atoms. The van der Waals surface area contributed by atoms with Crippen LogP contribution in [0, 0.1) is 0 Å². The highest BCUT2D eigenvalue weighted by Gasteiger charge is 2.14. The van der Waals surface area contributed by atoms with Crippen LogP contribution < -0.4 is 10.6 Å². The van der Waals surface area contributed by atoms with Gasteiger partial charge < -0.3 is 4.98 Å². The van der Waals surface area contributed by atoms with Crippen LogP contribution in [0.3, 0.4) is 0 Å². The van der Waals surface area contributed by atoms with Crippen LogP contribution >= 0.6 is 0 Å². The Morgan fingerprint density at radius 1 is 1.12 bits per heavy atom. The number of pyridine rings is 1. The number of rotatable bonds is 7. The fraction of sp³-hybridized carbons (Fsp3) is 0.211. The van der Waals surface area contributed by atoms with Crippen LogP contribution in [0.5, 0.6) is 0 Å². The van der Waals surface area contributed by atoms with E-state index in [-0.39, 0.29) is 5.56 Å². The predicted octanol–water partition coefficient (Wildman–Crippen LogP) is 3.70. The molecule has 0 unspecified atom stereocenters. The summed E-state index contributed by atoms with van der Waals surface area (Å²) in [7, 11) is 0. The first kappa shape index (κ1) is 16.9. The van der Waals surface area contributed by atoms with Gasteiger partial charge in [0.15, 0.2) is 0 Å². The number of para-hydroxylation sites is 1. The molecule has 0 aliphatic heterocycles. The standard InChI is InChI=1S/C19H20N4O2/c1-2-3-13-25-23(16-7-5-4-6-8-16)19-21-17(14-18(24)22-19)15-9-11-20-12-10-15/h4-12,14H,2-3,13H2,1H3,(H,21,22,24). The molecule has 128 valence electrons. The van der Waals surface area contributed by atoms with Crippen LogP contribution in [0.4, 0.5) is 11.6 Å². The quantitative estimate of drug-likeness (QED) is 0.526. The van der Waals surface area contributed by atoms with Gasteiger partial charge in [0.25, 0.3) is 5.56 Å². The summed E-state index contributed by atoms with van der Waals surface area (Å²) in [4.78, 5) is 29.3. The number of aromatic nitrogens is 3. The first-order chi connectivity index (χ1) is 12.3. The maximum atomic E-state index is 12.1. The van der Waals surface area contributed by atoms with Crippen molar-refractivity contribution in [2.24, 2.45) is 0 Å². The third-order valence-corrected chi connectivity index (χ3v) is 3.62. The SMILES string of the molecule is CCCCON(c1ccccc1)c1nc(=O)cc(-c2ccncc2)[nH]1. The van der Waals surface area contributed by atoms with E-state index in [0.29, 0.717) is 18.2 Å². The Labute approximate surface area is 146 Å². The highest BCUT2D eigenvalue weighted by molar-refractivity contribution is 5.61. The Morgan fingerprint density at radius 3 is 2.60 bits per heavy atom. The Hall–Kier alpha value is -2.99. The van der Waals surface area contributed by atoms with Gasteiger partial charge in [0.1, 0.15) is 0 Å². The molecule has 0 saturated heterocycles. The highest BCUT2D eigenvalue weighted by atomic mass is 16.7. The number of hydrogen-bond acceptors (Lipinski definition) is 5. The summed E-state index contributed by atoms with van der Waals surface area (Å²) in [5, 5.41) is 1.57. The topological polar surface area (TPSA) is 71.1 Å². The monoisotopic (exact) mass is 336 g/mol. The van der Waals surface area contributed by atoms with E-state index in [1.807, 2.05) is 42.5 Å². The number of nitrogens with zero attached hydrogens (tertiary/aromatic N) is 3. The highest BCUT2D eigenvalue weighted by Crippen LogP contribution is 2.24. The molecule has 1 aromatic carbocycles. The molecule has 0 aliphatic rings. The summed E-state index contributed by atoms with van der Waals surface area (Å²) in [5.41, 5.74) is 1.99. The third kappa shape index (κ3) is 4.30. The van der Waals surface area contributed by atoms with Crippen LogP contribution in [0.2, 0.25) is 0 Å². The molecule has 3 rings (SSSR count). The normalized spacial score (nSPS) is 10.6. The van der Waals surface area contributed by atoms with Crippen molar-refractivity contribution in [3.63, 3.8) is 0 Å². The maximum absolute atomic E-state index is 12.1. The minimum atomic E-state index is -0.333. The summed E-state index contributed by atoms with van der Waals surface area (Å²) in [6.45, 7) is 2.63. The molecule has 1 N–H and O–H groups in total. The summed E-state index contributed by atoms with van der Waals surface area (Å²) in [6, 6.07) is 14.7. The Kier molecular flexibility index (Phi) is 5.53.